The van der Waals surface area contributed by atoms with Crippen molar-refractivity contribution in [1.29, 1.82) is 5.26 Å². The summed E-state index contributed by atoms with van der Waals surface area (Å²) in [7, 11) is 0. The van der Waals surface area contributed by atoms with Gasteiger partial charge in [0.05, 0.1) is 19.2 Å². The van der Waals surface area contributed by atoms with Crippen molar-refractivity contribution < 1.29 is 23.1 Å². The van der Waals surface area contributed by atoms with Crippen LogP contribution in [-0.4, -0.2) is 48.1 Å². The number of rotatable bonds is 5. The van der Waals surface area contributed by atoms with Crippen LogP contribution in [0.2, 0.25) is 0 Å². The Labute approximate surface area is 134 Å². The lowest BCUT2D eigenvalue weighted by Gasteiger charge is -2.28. The van der Waals surface area contributed by atoms with E-state index in [2.05, 4.69) is 5.32 Å². The lowest BCUT2D eigenvalue weighted by Crippen LogP contribution is -2.52. The molecule has 1 N–H and O–H groups in total. The van der Waals surface area contributed by atoms with Gasteiger partial charge in [-0.25, -0.2) is 13.6 Å². The zero-order valence-corrected chi connectivity index (χ0v) is 13.8. The Morgan fingerprint density at radius 3 is 2.48 bits per heavy atom. The molecular formula is C15H23F2N3O3. The fourth-order valence-corrected chi connectivity index (χ4v) is 2.27. The summed E-state index contributed by atoms with van der Waals surface area (Å²) in [5.74, 6) is -3.97. The Morgan fingerprint density at radius 1 is 1.39 bits per heavy atom. The van der Waals surface area contributed by atoms with Crippen molar-refractivity contribution in [3.63, 3.8) is 0 Å². The number of amides is 2. The highest BCUT2D eigenvalue weighted by Gasteiger charge is 2.49. The summed E-state index contributed by atoms with van der Waals surface area (Å²) in [5.41, 5.74) is 0. The quantitative estimate of drug-likeness (QED) is 0.837. The number of alkyl halides is 2. The minimum atomic E-state index is -3.09. The second-order valence-corrected chi connectivity index (χ2v) is 6.53. The highest BCUT2D eigenvalue weighted by Crippen LogP contribution is 2.32. The number of nitriles is 1. The monoisotopic (exact) mass is 331 g/mol. The van der Waals surface area contributed by atoms with Crippen LogP contribution in [0.3, 0.4) is 0 Å². The van der Waals surface area contributed by atoms with Gasteiger partial charge in [0.1, 0.15) is 12.1 Å². The molecule has 0 spiro atoms. The van der Waals surface area contributed by atoms with Crippen LogP contribution < -0.4 is 5.32 Å². The van der Waals surface area contributed by atoms with E-state index in [1.54, 1.807) is 19.9 Å². The first-order valence-electron chi connectivity index (χ1n) is 7.58. The van der Waals surface area contributed by atoms with E-state index < -0.39 is 43.0 Å². The SMILES string of the molecule is CC(C)COC(=O)N[C@H](C(=O)N1CC(F)(F)C[C@H]1C#N)C(C)C. The molecule has 0 aliphatic carbocycles. The number of carbonyl (C=O) groups excluding carboxylic acids is 2. The van der Waals surface area contributed by atoms with Gasteiger partial charge in [-0.15, -0.1) is 0 Å². The van der Waals surface area contributed by atoms with Crippen molar-refractivity contribution in [2.45, 2.75) is 52.1 Å². The molecule has 8 heteroatoms. The molecule has 0 saturated carbocycles. The summed E-state index contributed by atoms with van der Waals surface area (Å²) in [4.78, 5) is 25.1. The number of nitrogens with zero attached hydrogens (tertiary/aromatic N) is 2. The lowest BCUT2D eigenvalue weighted by molar-refractivity contribution is -0.135. The molecule has 1 aliphatic rings. The molecule has 1 saturated heterocycles. The summed E-state index contributed by atoms with van der Waals surface area (Å²) in [5, 5.41) is 11.4. The molecule has 1 aliphatic heterocycles. The molecule has 1 rings (SSSR count). The zero-order valence-electron chi connectivity index (χ0n) is 13.8. The number of nitrogens with one attached hydrogen (secondary N) is 1. The first-order valence-corrected chi connectivity index (χ1v) is 7.58. The van der Waals surface area contributed by atoms with Gasteiger partial charge in [-0.2, -0.15) is 5.26 Å². The Kier molecular flexibility index (Phi) is 6.30. The van der Waals surface area contributed by atoms with E-state index in [-0.39, 0.29) is 18.4 Å². The van der Waals surface area contributed by atoms with Gasteiger partial charge in [0.15, 0.2) is 0 Å². The lowest BCUT2D eigenvalue weighted by atomic mass is 10.0. The third kappa shape index (κ3) is 5.34. The van der Waals surface area contributed by atoms with E-state index >= 15 is 0 Å². The second kappa shape index (κ2) is 7.57. The van der Waals surface area contributed by atoms with Crippen LogP contribution in [0.4, 0.5) is 13.6 Å². The van der Waals surface area contributed by atoms with Crippen molar-refractivity contribution in [1.82, 2.24) is 10.2 Å². The minimum absolute atomic E-state index is 0.134. The van der Waals surface area contributed by atoms with Crippen molar-refractivity contribution in [3.05, 3.63) is 0 Å². The summed E-state index contributed by atoms with van der Waals surface area (Å²) < 4.78 is 31.9. The van der Waals surface area contributed by atoms with Gasteiger partial charge >= 0.3 is 6.09 Å². The Bertz CT molecular complexity index is 489. The normalized spacial score (nSPS) is 21.2. The fourth-order valence-electron chi connectivity index (χ4n) is 2.27. The second-order valence-electron chi connectivity index (χ2n) is 6.53. The summed E-state index contributed by atoms with van der Waals surface area (Å²) in [6.07, 6.45) is -1.46. The molecule has 0 radical (unpaired) electrons. The first kappa shape index (κ1) is 19.1. The number of alkyl carbamates (subject to hydrolysis) is 1. The summed E-state index contributed by atoms with van der Waals surface area (Å²) >= 11 is 0. The van der Waals surface area contributed by atoms with E-state index in [0.29, 0.717) is 0 Å². The first-order chi connectivity index (χ1) is 10.6. The van der Waals surface area contributed by atoms with Gasteiger partial charge in [0.2, 0.25) is 5.91 Å². The van der Waals surface area contributed by atoms with Crippen molar-refractivity contribution in [2.24, 2.45) is 11.8 Å². The highest BCUT2D eigenvalue weighted by atomic mass is 19.3. The van der Waals surface area contributed by atoms with Gasteiger partial charge in [-0.3, -0.25) is 4.79 Å². The largest absolute Gasteiger partial charge is 0.449 e. The maximum Gasteiger partial charge on any atom is 0.407 e. The number of hydrogen-bond acceptors (Lipinski definition) is 4. The molecular weight excluding hydrogens is 308 g/mol. The van der Waals surface area contributed by atoms with Crippen LogP contribution in [0.25, 0.3) is 0 Å². The van der Waals surface area contributed by atoms with Crippen LogP contribution in [0.15, 0.2) is 0 Å². The smallest absolute Gasteiger partial charge is 0.407 e. The fraction of sp³-hybridized carbons (Fsp3) is 0.800. The molecule has 23 heavy (non-hydrogen) atoms. The van der Waals surface area contributed by atoms with E-state index in [4.69, 9.17) is 10.00 Å². The molecule has 1 heterocycles. The molecule has 2 atom stereocenters. The molecule has 0 bridgehead atoms. The van der Waals surface area contributed by atoms with Crippen LogP contribution >= 0.6 is 0 Å². The predicted octanol–water partition coefficient (Wildman–Crippen LogP) is 2.15. The van der Waals surface area contributed by atoms with Gasteiger partial charge in [-0.05, 0) is 11.8 Å². The number of likely N-dealkylation sites (tertiary alicyclic amines) is 1. The van der Waals surface area contributed by atoms with Crippen molar-refractivity contribution in [3.8, 4) is 6.07 Å². The van der Waals surface area contributed by atoms with Crippen LogP contribution in [0.1, 0.15) is 34.1 Å². The third-order valence-electron chi connectivity index (χ3n) is 3.46. The maximum atomic E-state index is 13.5. The number of ether oxygens (including phenoxy) is 1. The Morgan fingerprint density at radius 2 is 2.00 bits per heavy atom. The van der Waals surface area contributed by atoms with Gasteiger partial charge in [-0.1, -0.05) is 27.7 Å². The minimum Gasteiger partial charge on any atom is -0.449 e. The standard InChI is InChI=1S/C15H23F2N3O3/c1-9(2)7-23-14(22)19-12(10(3)4)13(21)20-8-15(16,17)5-11(20)6-18/h9-12H,5,7-8H2,1-4H3,(H,19,22)/t11-,12-/m0/s1. The van der Waals surface area contributed by atoms with Crippen LogP contribution in [0, 0.1) is 23.2 Å². The van der Waals surface area contributed by atoms with Crippen LogP contribution in [-0.2, 0) is 9.53 Å². The van der Waals surface area contributed by atoms with E-state index in [1.165, 1.54) is 0 Å². The molecule has 6 nitrogen and oxygen atoms in total. The molecule has 0 aromatic carbocycles. The molecule has 2 amide bonds. The molecule has 0 aromatic rings. The highest BCUT2D eigenvalue weighted by molar-refractivity contribution is 5.86. The summed E-state index contributed by atoms with van der Waals surface area (Å²) in [6, 6.07) is -0.483. The van der Waals surface area contributed by atoms with E-state index in [0.717, 1.165) is 4.90 Å². The summed E-state index contributed by atoms with van der Waals surface area (Å²) in [6.45, 7) is 6.47. The maximum absolute atomic E-state index is 13.5. The zero-order chi connectivity index (χ0) is 17.8. The Hall–Kier alpha value is -1.91. The predicted molar refractivity (Wildman–Crippen MR) is 78.6 cm³/mol. The Balaban J connectivity index is 2.79. The van der Waals surface area contributed by atoms with E-state index in [1.807, 2.05) is 13.8 Å². The molecule has 1 fully saturated rings. The van der Waals surface area contributed by atoms with Gasteiger partial charge in [0.25, 0.3) is 5.92 Å². The van der Waals surface area contributed by atoms with Gasteiger partial charge < -0.3 is 15.0 Å². The third-order valence-corrected chi connectivity index (χ3v) is 3.46. The molecule has 130 valence electrons. The van der Waals surface area contributed by atoms with Crippen LogP contribution in [0.5, 0.6) is 0 Å². The van der Waals surface area contributed by atoms with Gasteiger partial charge in [0, 0.05) is 6.42 Å². The molecule has 0 unspecified atom stereocenters. The topological polar surface area (TPSA) is 82.4 Å². The number of halogens is 2. The molecule has 0 aromatic heterocycles. The number of carbonyl (C=O) groups is 2. The average molecular weight is 331 g/mol. The van der Waals surface area contributed by atoms with Crippen molar-refractivity contribution >= 4 is 12.0 Å². The average Bonchev–Trinajstić information content (AvgIpc) is 2.76. The number of hydrogen-bond donors (Lipinski definition) is 1. The van der Waals surface area contributed by atoms with Crippen molar-refractivity contribution in [2.75, 3.05) is 13.2 Å². The van der Waals surface area contributed by atoms with E-state index in [9.17, 15) is 18.4 Å².